The minimum atomic E-state index is 0. The van der Waals surface area contributed by atoms with E-state index in [1.165, 1.54) is 12.0 Å². The zero-order valence-electron chi connectivity index (χ0n) is 16.6. The molecule has 1 aromatic rings. The Labute approximate surface area is 176 Å². The van der Waals surface area contributed by atoms with Gasteiger partial charge in [-0.15, -0.1) is 24.0 Å². The molecular weight excluding hydrogens is 439 g/mol. The number of hydrogen-bond acceptors (Lipinski definition) is 3. The first-order valence-electron chi connectivity index (χ1n) is 9.37. The van der Waals surface area contributed by atoms with E-state index in [0.717, 1.165) is 38.8 Å². The van der Waals surface area contributed by atoms with Crippen LogP contribution in [-0.2, 0) is 11.3 Å². The Morgan fingerprint density at radius 2 is 1.85 bits per heavy atom. The van der Waals surface area contributed by atoms with Gasteiger partial charge in [-0.2, -0.15) is 0 Å². The van der Waals surface area contributed by atoms with E-state index in [4.69, 9.17) is 9.73 Å². The lowest BCUT2D eigenvalue weighted by atomic mass is 10.0. The third-order valence-corrected chi connectivity index (χ3v) is 4.48. The number of rotatable bonds is 7. The van der Waals surface area contributed by atoms with Crippen molar-refractivity contribution < 1.29 is 4.74 Å². The van der Waals surface area contributed by atoms with Crippen LogP contribution in [0.25, 0.3) is 0 Å². The predicted molar refractivity (Wildman–Crippen MR) is 120 cm³/mol. The quantitative estimate of drug-likeness (QED) is 0.375. The molecule has 148 valence electrons. The third-order valence-electron chi connectivity index (χ3n) is 4.48. The first-order valence-corrected chi connectivity index (χ1v) is 9.37. The maximum Gasteiger partial charge on any atom is 0.193 e. The number of guanidine groups is 1. The van der Waals surface area contributed by atoms with Crippen molar-refractivity contribution in [2.45, 2.75) is 32.9 Å². The summed E-state index contributed by atoms with van der Waals surface area (Å²) in [7, 11) is 4.09. The lowest BCUT2D eigenvalue weighted by molar-refractivity contribution is 0.0132. The van der Waals surface area contributed by atoms with Crippen LogP contribution >= 0.6 is 24.0 Å². The van der Waals surface area contributed by atoms with Crippen molar-refractivity contribution in [3.63, 3.8) is 0 Å². The van der Waals surface area contributed by atoms with Gasteiger partial charge in [0.15, 0.2) is 5.96 Å². The van der Waals surface area contributed by atoms with E-state index < -0.39 is 0 Å². The van der Waals surface area contributed by atoms with Crippen LogP contribution in [0.15, 0.2) is 35.3 Å². The smallest absolute Gasteiger partial charge is 0.193 e. The van der Waals surface area contributed by atoms with Gasteiger partial charge < -0.3 is 15.0 Å². The van der Waals surface area contributed by atoms with E-state index in [0.29, 0.717) is 18.5 Å². The van der Waals surface area contributed by atoms with Gasteiger partial charge in [-0.25, -0.2) is 4.99 Å². The summed E-state index contributed by atoms with van der Waals surface area (Å²) in [6.07, 6.45) is 1.19. The van der Waals surface area contributed by atoms with Gasteiger partial charge in [0.25, 0.3) is 0 Å². The van der Waals surface area contributed by atoms with E-state index in [1.807, 2.05) is 20.2 Å². The van der Waals surface area contributed by atoms with Crippen molar-refractivity contribution in [1.82, 2.24) is 15.1 Å². The normalized spacial score (nSPS) is 16.9. The molecule has 0 aromatic heterocycles. The second kappa shape index (κ2) is 12.5. The average molecular weight is 474 g/mol. The highest BCUT2D eigenvalue weighted by atomic mass is 127. The Hall–Kier alpha value is -0.860. The molecule has 1 heterocycles. The molecule has 1 aliphatic heterocycles. The molecular formula is C20H35IN4O. The summed E-state index contributed by atoms with van der Waals surface area (Å²) in [6, 6.07) is 10.9. The minimum Gasteiger partial charge on any atom is -0.379 e. The number of nitrogens with zero attached hydrogens (tertiary/aromatic N) is 3. The summed E-state index contributed by atoms with van der Waals surface area (Å²) in [5.74, 6) is 1.63. The first-order chi connectivity index (χ1) is 12.1. The van der Waals surface area contributed by atoms with Crippen LogP contribution in [0.4, 0.5) is 0 Å². The van der Waals surface area contributed by atoms with Gasteiger partial charge >= 0.3 is 0 Å². The molecule has 5 nitrogen and oxygen atoms in total. The highest BCUT2D eigenvalue weighted by Gasteiger charge is 2.22. The molecule has 2 rings (SSSR count). The van der Waals surface area contributed by atoms with Crippen LogP contribution in [0.2, 0.25) is 0 Å². The van der Waals surface area contributed by atoms with E-state index in [-0.39, 0.29) is 24.0 Å². The summed E-state index contributed by atoms with van der Waals surface area (Å²) in [5, 5.41) is 3.59. The van der Waals surface area contributed by atoms with Crippen molar-refractivity contribution in [2.75, 3.05) is 46.9 Å². The Bertz CT molecular complexity index is 516. The number of halogens is 1. The Kier molecular flexibility index (Phi) is 11.2. The van der Waals surface area contributed by atoms with Crippen LogP contribution in [0.5, 0.6) is 0 Å². The molecule has 0 bridgehead atoms. The Morgan fingerprint density at radius 1 is 1.19 bits per heavy atom. The molecule has 1 atom stereocenters. The van der Waals surface area contributed by atoms with Crippen LogP contribution in [0, 0.1) is 5.92 Å². The van der Waals surface area contributed by atoms with Crippen molar-refractivity contribution in [3.05, 3.63) is 35.9 Å². The van der Waals surface area contributed by atoms with E-state index >= 15 is 0 Å². The molecule has 1 fully saturated rings. The van der Waals surface area contributed by atoms with Crippen LogP contribution in [0.3, 0.4) is 0 Å². The standard InChI is InChI=1S/C20H34N4O.HI/c1-17(2)14-19(24-10-12-25-13-11-24)16-22-20(23(3)4)21-15-18-8-6-5-7-9-18;/h5-9,17,19H,10-16H2,1-4H3,(H,21,22);1H. The number of morpholine rings is 1. The highest BCUT2D eigenvalue weighted by molar-refractivity contribution is 14.0. The molecule has 1 N–H and O–H groups in total. The van der Waals surface area contributed by atoms with Crippen LogP contribution in [-0.4, -0.2) is 68.7 Å². The van der Waals surface area contributed by atoms with Gasteiger partial charge in [-0.1, -0.05) is 44.2 Å². The molecule has 1 saturated heterocycles. The maximum atomic E-state index is 5.51. The minimum absolute atomic E-state index is 0. The third kappa shape index (κ3) is 8.22. The molecule has 26 heavy (non-hydrogen) atoms. The molecule has 0 saturated carbocycles. The average Bonchev–Trinajstić information content (AvgIpc) is 2.61. The summed E-state index contributed by atoms with van der Waals surface area (Å²) in [4.78, 5) is 9.40. The molecule has 0 aliphatic carbocycles. The fourth-order valence-electron chi connectivity index (χ4n) is 3.16. The van der Waals surface area contributed by atoms with Crippen molar-refractivity contribution in [3.8, 4) is 0 Å². The molecule has 0 spiro atoms. The molecule has 1 unspecified atom stereocenters. The van der Waals surface area contributed by atoms with Gasteiger partial charge in [-0.05, 0) is 17.9 Å². The zero-order valence-corrected chi connectivity index (χ0v) is 19.0. The summed E-state index contributed by atoms with van der Waals surface area (Å²) < 4.78 is 5.51. The van der Waals surface area contributed by atoms with Crippen LogP contribution < -0.4 is 5.32 Å². The van der Waals surface area contributed by atoms with Gasteiger partial charge in [0.2, 0.25) is 0 Å². The fraction of sp³-hybridized carbons (Fsp3) is 0.650. The summed E-state index contributed by atoms with van der Waals surface area (Å²) >= 11 is 0. The predicted octanol–water partition coefficient (Wildman–Crippen LogP) is 3.06. The van der Waals surface area contributed by atoms with Crippen LogP contribution in [0.1, 0.15) is 25.8 Å². The van der Waals surface area contributed by atoms with E-state index in [1.54, 1.807) is 0 Å². The lowest BCUT2D eigenvalue weighted by Crippen LogP contribution is -2.50. The zero-order chi connectivity index (χ0) is 18.1. The summed E-state index contributed by atoms with van der Waals surface area (Å²) in [5.41, 5.74) is 1.23. The number of benzene rings is 1. The number of nitrogens with one attached hydrogen (secondary N) is 1. The fourth-order valence-corrected chi connectivity index (χ4v) is 3.16. The van der Waals surface area contributed by atoms with Gasteiger partial charge in [0, 0.05) is 39.8 Å². The topological polar surface area (TPSA) is 40.1 Å². The van der Waals surface area contributed by atoms with Crippen molar-refractivity contribution >= 4 is 29.9 Å². The SMILES string of the molecule is CC(C)CC(CNC(=NCc1ccccc1)N(C)C)N1CCOCC1.I. The highest BCUT2D eigenvalue weighted by Crippen LogP contribution is 2.13. The van der Waals surface area contributed by atoms with Crippen molar-refractivity contribution in [2.24, 2.45) is 10.9 Å². The molecule has 6 heteroatoms. The molecule has 0 amide bonds. The van der Waals surface area contributed by atoms with Gasteiger partial charge in [0.05, 0.1) is 19.8 Å². The molecule has 1 aromatic carbocycles. The second-order valence-corrected chi connectivity index (χ2v) is 7.33. The molecule has 1 aliphatic rings. The van der Waals surface area contributed by atoms with Crippen molar-refractivity contribution in [1.29, 1.82) is 0 Å². The summed E-state index contributed by atoms with van der Waals surface area (Å²) in [6.45, 7) is 9.95. The number of ether oxygens (including phenoxy) is 1. The number of aliphatic imine (C=N–C) groups is 1. The van der Waals surface area contributed by atoms with E-state index in [2.05, 4.69) is 53.2 Å². The van der Waals surface area contributed by atoms with Gasteiger partial charge in [-0.3, -0.25) is 4.90 Å². The second-order valence-electron chi connectivity index (χ2n) is 7.33. The first kappa shape index (κ1) is 23.2. The molecule has 0 radical (unpaired) electrons. The largest absolute Gasteiger partial charge is 0.379 e. The number of hydrogen-bond donors (Lipinski definition) is 1. The Morgan fingerprint density at radius 3 is 2.42 bits per heavy atom. The van der Waals surface area contributed by atoms with E-state index in [9.17, 15) is 0 Å². The maximum absolute atomic E-state index is 5.51. The lowest BCUT2D eigenvalue weighted by Gasteiger charge is -2.36. The Balaban J connectivity index is 0.00000338. The van der Waals surface area contributed by atoms with Gasteiger partial charge in [0.1, 0.15) is 0 Å². The monoisotopic (exact) mass is 474 g/mol.